The van der Waals surface area contributed by atoms with E-state index in [1.54, 1.807) is 0 Å². The normalized spacial score (nSPS) is 27.5. The summed E-state index contributed by atoms with van der Waals surface area (Å²) in [5.41, 5.74) is 3.36. The topological polar surface area (TPSA) is 64.3 Å². The molecule has 0 aromatic heterocycles. The highest BCUT2D eigenvalue weighted by molar-refractivity contribution is 5.68. The van der Waals surface area contributed by atoms with Gasteiger partial charge in [0, 0.05) is 18.5 Å². The molecule has 4 nitrogen and oxygen atoms in total. The van der Waals surface area contributed by atoms with Crippen molar-refractivity contribution in [3.8, 4) is 0 Å². The van der Waals surface area contributed by atoms with Crippen LogP contribution in [0.5, 0.6) is 0 Å². The van der Waals surface area contributed by atoms with E-state index in [4.69, 9.17) is 10.5 Å². The molecule has 0 aliphatic heterocycles. The van der Waals surface area contributed by atoms with Gasteiger partial charge in [0.15, 0.2) is 0 Å². The molecule has 2 saturated carbocycles. The Morgan fingerprint density at radius 1 is 1.42 bits per heavy atom. The minimum atomic E-state index is -4.82. The van der Waals surface area contributed by atoms with Crippen LogP contribution in [0.15, 0.2) is 18.2 Å². The lowest BCUT2D eigenvalue weighted by molar-refractivity contribution is -0.140. The average Bonchev–Trinajstić information content (AvgIpc) is 3.38. The summed E-state index contributed by atoms with van der Waals surface area (Å²) in [6.45, 7) is 0. The van der Waals surface area contributed by atoms with Crippen LogP contribution in [-0.2, 0) is 16.5 Å². The quantitative estimate of drug-likeness (QED) is 0.822. The molecule has 2 aliphatic rings. The first kappa shape index (κ1) is 17.0. The second-order valence-corrected chi connectivity index (χ2v) is 6.69. The van der Waals surface area contributed by atoms with E-state index in [-0.39, 0.29) is 17.0 Å². The van der Waals surface area contributed by atoms with Crippen molar-refractivity contribution < 1.29 is 27.1 Å². The van der Waals surface area contributed by atoms with E-state index >= 15 is 0 Å². The van der Waals surface area contributed by atoms with Crippen LogP contribution in [0.25, 0.3) is 0 Å². The fourth-order valence-electron chi connectivity index (χ4n) is 3.16. The van der Waals surface area contributed by atoms with Crippen molar-refractivity contribution in [2.75, 3.05) is 7.05 Å². The third kappa shape index (κ3) is 3.07. The molecule has 2 fully saturated rings. The Hall–Kier alpha value is -1.83. The van der Waals surface area contributed by atoms with Gasteiger partial charge in [-0.1, -0.05) is 6.07 Å². The summed E-state index contributed by atoms with van der Waals surface area (Å²) >= 11 is 0. The first-order chi connectivity index (χ1) is 11.1. The van der Waals surface area contributed by atoms with E-state index in [0.717, 1.165) is 25.0 Å². The van der Waals surface area contributed by atoms with E-state index in [1.165, 1.54) is 13.1 Å². The van der Waals surface area contributed by atoms with Gasteiger partial charge in [0.2, 0.25) is 0 Å². The SMILES string of the molecule is CNC(=O)OC1(c2ccc(F)c(C(F)(F)F)c2)CC1CC1(N)CC1. The predicted molar refractivity (Wildman–Crippen MR) is 77.5 cm³/mol. The number of nitrogens with one attached hydrogen (secondary N) is 1. The minimum Gasteiger partial charge on any atom is -0.438 e. The number of halogens is 4. The van der Waals surface area contributed by atoms with Gasteiger partial charge in [-0.2, -0.15) is 13.2 Å². The first-order valence-electron chi connectivity index (χ1n) is 7.66. The minimum absolute atomic E-state index is 0.147. The number of amides is 1. The highest BCUT2D eigenvalue weighted by Gasteiger charge is 2.62. The van der Waals surface area contributed by atoms with Crippen LogP contribution in [-0.4, -0.2) is 18.7 Å². The summed E-state index contributed by atoms with van der Waals surface area (Å²) in [7, 11) is 1.37. The highest BCUT2D eigenvalue weighted by Crippen LogP contribution is 2.61. The van der Waals surface area contributed by atoms with E-state index in [9.17, 15) is 22.4 Å². The van der Waals surface area contributed by atoms with Crippen LogP contribution in [0.4, 0.5) is 22.4 Å². The monoisotopic (exact) mass is 346 g/mol. The predicted octanol–water partition coefficient (Wildman–Crippen LogP) is 3.30. The summed E-state index contributed by atoms with van der Waals surface area (Å²) in [6, 6.07) is 2.73. The molecule has 1 aromatic rings. The Balaban J connectivity index is 1.93. The molecule has 0 spiro atoms. The maximum atomic E-state index is 13.5. The molecular weight excluding hydrogens is 328 g/mol. The summed E-state index contributed by atoms with van der Waals surface area (Å²) in [4.78, 5) is 11.7. The Morgan fingerprint density at radius 2 is 2.08 bits per heavy atom. The fraction of sp³-hybridized carbons (Fsp3) is 0.562. The Bertz CT molecular complexity index is 673. The van der Waals surface area contributed by atoms with Gasteiger partial charge in [0.25, 0.3) is 0 Å². The van der Waals surface area contributed by atoms with Crippen LogP contribution in [0.1, 0.15) is 36.8 Å². The van der Waals surface area contributed by atoms with Gasteiger partial charge in [-0.3, -0.25) is 0 Å². The largest absolute Gasteiger partial charge is 0.438 e. The van der Waals surface area contributed by atoms with Crippen LogP contribution in [0.2, 0.25) is 0 Å². The van der Waals surface area contributed by atoms with E-state index in [1.807, 2.05) is 0 Å². The molecule has 0 radical (unpaired) electrons. The van der Waals surface area contributed by atoms with Gasteiger partial charge in [-0.25, -0.2) is 9.18 Å². The lowest BCUT2D eigenvalue weighted by Gasteiger charge is -2.21. The summed E-state index contributed by atoms with van der Waals surface area (Å²) < 4.78 is 57.8. The number of hydrogen-bond acceptors (Lipinski definition) is 3. The van der Waals surface area contributed by atoms with Crippen LogP contribution < -0.4 is 11.1 Å². The number of carbonyl (C=O) groups is 1. The maximum Gasteiger partial charge on any atom is 0.419 e. The second kappa shape index (κ2) is 5.34. The number of alkyl carbamates (subject to hydrolysis) is 1. The van der Waals surface area contributed by atoms with Gasteiger partial charge in [0.1, 0.15) is 11.4 Å². The van der Waals surface area contributed by atoms with E-state index in [0.29, 0.717) is 12.8 Å². The molecular formula is C16H18F4N2O2. The molecule has 1 amide bonds. The average molecular weight is 346 g/mol. The van der Waals surface area contributed by atoms with E-state index < -0.39 is 29.3 Å². The van der Waals surface area contributed by atoms with Crippen LogP contribution in [0, 0.1) is 11.7 Å². The molecule has 3 N–H and O–H groups in total. The number of ether oxygens (including phenoxy) is 1. The number of benzene rings is 1. The Labute approximate surface area is 136 Å². The summed E-state index contributed by atoms with van der Waals surface area (Å²) in [5.74, 6) is -1.52. The van der Waals surface area contributed by atoms with Crippen molar-refractivity contribution >= 4 is 6.09 Å². The highest BCUT2D eigenvalue weighted by atomic mass is 19.4. The molecule has 3 rings (SSSR count). The zero-order valence-electron chi connectivity index (χ0n) is 13.0. The number of carbonyl (C=O) groups excluding carboxylic acids is 1. The molecule has 0 bridgehead atoms. The Kier molecular flexibility index (Phi) is 3.78. The van der Waals surface area contributed by atoms with Crippen LogP contribution in [0.3, 0.4) is 0 Å². The van der Waals surface area contributed by atoms with Gasteiger partial charge in [-0.05, 0) is 43.4 Å². The molecule has 2 unspecified atom stereocenters. The number of rotatable bonds is 4. The second-order valence-electron chi connectivity index (χ2n) is 6.69. The van der Waals surface area contributed by atoms with Crippen molar-refractivity contribution in [1.29, 1.82) is 0 Å². The zero-order chi connectivity index (χ0) is 17.8. The number of hydrogen-bond donors (Lipinski definition) is 2. The van der Waals surface area contributed by atoms with Gasteiger partial charge in [-0.15, -0.1) is 0 Å². The van der Waals surface area contributed by atoms with Gasteiger partial charge < -0.3 is 15.8 Å². The van der Waals surface area contributed by atoms with Crippen molar-refractivity contribution in [3.63, 3.8) is 0 Å². The standard InChI is InChI=1S/C16H18F4N2O2/c1-22-13(23)24-15(8-10(15)7-14(21)4-5-14)9-2-3-12(17)11(6-9)16(18,19)20/h2-3,6,10H,4-5,7-8,21H2,1H3,(H,22,23). The van der Waals surface area contributed by atoms with E-state index in [2.05, 4.69) is 5.32 Å². The van der Waals surface area contributed by atoms with Crippen molar-refractivity contribution in [1.82, 2.24) is 5.32 Å². The molecule has 24 heavy (non-hydrogen) atoms. The smallest absolute Gasteiger partial charge is 0.419 e. The molecule has 0 saturated heterocycles. The third-order valence-corrected chi connectivity index (χ3v) is 4.83. The Morgan fingerprint density at radius 3 is 2.62 bits per heavy atom. The van der Waals surface area contributed by atoms with Gasteiger partial charge >= 0.3 is 12.3 Å². The maximum absolute atomic E-state index is 13.5. The molecule has 132 valence electrons. The fourth-order valence-corrected chi connectivity index (χ4v) is 3.16. The lowest BCUT2D eigenvalue weighted by atomic mass is 9.98. The number of alkyl halides is 3. The summed E-state index contributed by atoms with van der Waals surface area (Å²) in [5, 5.41) is 2.30. The first-order valence-corrected chi connectivity index (χ1v) is 7.66. The van der Waals surface area contributed by atoms with Crippen molar-refractivity contribution in [2.24, 2.45) is 11.7 Å². The molecule has 1 aromatic carbocycles. The van der Waals surface area contributed by atoms with Crippen molar-refractivity contribution in [2.45, 2.75) is 43.0 Å². The molecule has 0 heterocycles. The number of nitrogens with two attached hydrogens (primary N) is 1. The van der Waals surface area contributed by atoms with Crippen molar-refractivity contribution in [3.05, 3.63) is 35.1 Å². The molecule has 8 heteroatoms. The summed E-state index contributed by atoms with van der Waals surface area (Å²) in [6.07, 6.45) is -2.93. The van der Waals surface area contributed by atoms with Crippen LogP contribution >= 0.6 is 0 Å². The lowest BCUT2D eigenvalue weighted by Crippen LogP contribution is -2.30. The zero-order valence-corrected chi connectivity index (χ0v) is 13.0. The molecule has 2 atom stereocenters. The third-order valence-electron chi connectivity index (χ3n) is 4.83. The molecule has 2 aliphatic carbocycles. The van der Waals surface area contributed by atoms with Gasteiger partial charge in [0.05, 0.1) is 5.56 Å².